The number of barbiturate groups is 1. The highest BCUT2D eigenvalue weighted by atomic mass is 16.5. The summed E-state index contributed by atoms with van der Waals surface area (Å²) in [5.41, 5.74) is 1.75. The first kappa shape index (κ1) is 22.7. The number of hydrogen-bond donors (Lipinski definition) is 3. The van der Waals surface area contributed by atoms with Crippen molar-refractivity contribution in [2.45, 2.75) is 25.8 Å². The van der Waals surface area contributed by atoms with Crippen molar-refractivity contribution < 1.29 is 23.9 Å². The van der Waals surface area contributed by atoms with E-state index in [1.54, 1.807) is 14.0 Å². The van der Waals surface area contributed by atoms with Gasteiger partial charge in [0.25, 0.3) is 0 Å². The van der Waals surface area contributed by atoms with Crippen LogP contribution in [0.3, 0.4) is 0 Å². The standard InChI is InChI=1S/C25H27N5O5/c1-3-21(31)26-16-4-9-19-15(12-16)13-25(22(32)27-24(34)28-23(25)33)20-14-29(10-11-30(19)20)17-5-7-18(35-2)8-6-17/h4-9,12,20H,3,10-11,13-14H2,1-2H3,(H,26,31)(H2,27,28,32,33,34)/t20-/m0/s1. The number of fused-ring (bicyclic) bond motifs is 4. The first-order valence-electron chi connectivity index (χ1n) is 11.6. The Morgan fingerprint density at radius 2 is 1.80 bits per heavy atom. The molecule has 35 heavy (non-hydrogen) atoms. The number of imide groups is 2. The zero-order chi connectivity index (χ0) is 24.7. The molecule has 3 heterocycles. The molecule has 0 aromatic heterocycles. The van der Waals surface area contributed by atoms with Crippen LogP contribution in [0.4, 0.5) is 21.9 Å². The number of carbonyl (C=O) groups is 4. The molecule has 0 saturated carbocycles. The highest BCUT2D eigenvalue weighted by molar-refractivity contribution is 6.20. The van der Waals surface area contributed by atoms with E-state index < -0.39 is 29.3 Å². The average molecular weight is 478 g/mol. The number of benzene rings is 2. The van der Waals surface area contributed by atoms with E-state index in [1.807, 2.05) is 42.5 Å². The first-order valence-corrected chi connectivity index (χ1v) is 11.6. The fraction of sp³-hybridized carbons (Fsp3) is 0.360. The molecule has 2 saturated heterocycles. The Kier molecular flexibility index (Phi) is 5.58. The van der Waals surface area contributed by atoms with E-state index in [2.05, 4.69) is 25.8 Å². The van der Waals surface area contributed by atoms with Crippen LogP contribution in [0.15, 0.2) is 42.5 Å². The van der Waals surface area contributed by atoms with Gasteiger partial charge in [-0.3, -0.25) is 25.0 Å². The minimum Gasteiger partial charge on any atom is -0.497 e. The predicted molar refractivity (Wildman–Crippen MR) is 130 cm³/mol. The summed E-state index contributed by atoms with van der Waals surface area (Å²) in [6.07, 6.45) is 0.448. The highest BCUT2D eigenvalue weighted by Crippen LogP contribution is 2.45. The zero-order valence-electron chi connectivity index (χ0n) is 19.6. The number of anilines is 3. The number of ether oxygens (including phenoxy) is 1. The molecule has 2 aromatic carbocycles. The van der Waals surface area contributed by atoms with E-state index in [9.17, 15) is 19.2 Å². The maximum absolute atomic E-state index is 13.4. The van der Waals surface area contributed by atoms with Gasteiger partial charge < -0.3 is 19.9 Å². The Hall–Kier alpha value is -4.08. The lowest BCUT2D eigenvalue weighted by Crippen LogP contribution is -2.74. The molecule has 2 fully saturated rings. The van der Waals surface area contributed by atoms with Crippen molar-refractivity contribution in [1.29, 1.82) is 0 Å². The summed E-state index contributed by atoms with van der Waals surface area (Å²) in [6.45, 7) is 3.42. The van der Waals surface area contributed by atoms with Gasteiger partial charge in [0.2, 0.25) is 17.7 Å². The second kappa shape index (κ2) is 8.61. The van der Waals surface area contributed by atoms with Crippen molar-refractivity contribution in [3.63, 3.8) is 0 Å². The Labute approximate surface area is 202 Å². The van der Waals surface area contributed by atoms with Crippen molar-refractivity contribution in [1.82, 2.24) is 10.6 Å². The Morgan fingerprint density at radius 3 is 2.46 bits per heavy atom. The van der Waals surface area contributed by atoms with Gasteiger partial charge in [0.05, 0.1) is 13.2 Å². The number of amides is 5. The Bertz CT molecular complexity index is 1190. The predicted octanol–water partition coefficient (Wildman–Crippen LogP) is 1.65. The van der Waals surface area contributed by atoms with E-state index in [0.717, 1.165) is 22.7 Å². The number of hydrogen-bond acceptors (Lipinski definition) is 7. The third-order valence-electron chi connectivity index (χ3n) is 7.11. The van der Waals surface area contributed by atoms with Crippen molar-refractivity contribution >= 4 is 40.8 Å². The van der Waals surface area contributed by atoms with Crippen LogP contribution in [0.25, 0.3) is 0 Å². The molecule has 0 unspecified atom stereocenters. The molecule has 1 spiro atoms. The third kappa shape index (κ3) is 3.74. The Balaban J connectivity index is 1.55. The summed E-state index contributed by atoms with van der Waals surface area (Å²) in [6, 6.07) is 11.9. The molecule has 3 N–H and O–H groups in total. The van der Waals surface area contributed by atoms with Gasteiger partial charge in [0.1, 0.15) is 5.75 Å². The fourth-order valence-corrected chi connectivity index (χ4v) is 5.30. The summed E-state index contributed by atoms with van der Waals surface area (Å²) in [5, 5.41) is 7.48. The molecule has 10 heteroatoms. The molecule has 0 radical (unpaired) electrons. The molecule has 182 valence electrons. The van der Waals surface area contributed by atoms with Gasteiger partial charge in [0.15, 0.2) is 5.41 Å². The summed E-state index contributed by atoms with van der Waals surface area (Å²) in [4.78, 5) is 54.8. The van der Waals surface area contributed by atoms with Gasteiger partial charge in [-0.25, -0.2) is 4.79 Å². The quantitative estimate of drug-likeness (QED) is 0.573. The molecular weight excluding hydrogens is 450 g/mol. The van der Waals surface area contributed by atoms with Crippen LogP contribution in [0, 0.1) is 5.41 Å². The fourth-order valence-electron chi connectivity index (χ4n) is 5.30. The minimum absolute atomic E-state index is 0.112. The lowest BCUT2D eigenvalue weighted by atomic mass is 9.68. The van der Waals surface area contributed by atoms with Crippen LogP contribution in [0.1, 0.15) is 18.9 Å². The van der Waals surface area contributed by atoms with E-state index in [0.29, 0.717) is 31.7 Å². The first-order chi connectivity index (χ1) is 16.8. The largest absolute Gasteiger partial charge is 0.497 e. The van der Waals surface area contributed by atoms with Crippen molar-refractivity contribution in [3.05, 3.63) is 48.0 Å². The van der Waals surface area contributed by atoms with Crippen molar-refractivity contribution in [2.24, 2.45) is 5.41 Å². The average Bonchev–Trinajstić information content (AvgIpc) is 2.86. The SMILES string of the molecule is CCC(=O)Nc1ccc2c(c1)CC1(C(=O)NC(=O)NC1=O)[C@@H]1CN(c3ccc(OC)cc3)CCN21. The number of piperazine rings is 1. The van der Waals surface area contributed by atoms with Crippen LogP contribution in [-0.2, 0) is 20.8 Å². The lowest BCUT2D eigenvalue weighted by molar-refractivity contribution is -0.146. The van der Waals surface area contributed by atoms with Crippen molar-refractivity contribution in [2.75, 3.05) is 41.9 Å². The topological polar surface area (TPSA) is 120 Å². The maximum atomic E-state index is 13.4. The number of nitrogens with one attached hydrogen (secondary N) is 3. The molecule has 5 amide bonds. The van der Waals surface area contributed by atoms with E-state index >= 15 is 0 Å². The second-order valence-electron chi connectivity index (χ2n) is 8.98. The summed E-state index contributed by atoms with van der Waals surface area (Å²) >= 11 is 0. The number of methoxy groups -OCH3 is 1. The van der Waals surface area contributed by atoms with Gasteiger partial charge in [0, 0.05) is 43.1 Å². The molecule has 1 atom stereocenters. The van der Waals surface area contributed by atoms with Crippen LogP contribution in [-0.4, -0.2) is 56.5 Å². The number of nitrogens with zero attached hydrogens (tertiary/aromatic N) is 2. The van der Waals surface area contributed by atoms with Crippen LogP contribution in [0.5, 0.6) is 5.75 Å². The van der Waals surface area contributed by atoms with E-state index in [-0.39, 0.29) is 12.3 Å². The molecule has 0 bridgehead atoms. The molecule has 2 aromatic rings. The number of carbonyl (C=O) groups excluding carboxylic acids is 4. The summed E-state index contributed by atoms with van der Waals surface area (Å²) in [7, 11) is 1.61. The van der Waals surface area contributed by atoms with Gasteiger partial charge >= 0.3 is 6.03 Å². The van der Waals surface area contributed by atoms with Gasteiger partial charge in [-0.2, -0.15) is 0 Å². The summed E-state index contributed by atoms with van der Waals surface area (Å²) in [5.74, 6) is -0.593. The summed E-state index contributed by atoms with van der Waals surface area (Å²) < 4.78 is 5.26. The third-order valence-corrected chi connectivity index (χ3v) is 7.11. The Morgan fingerprint density at radius 1 is 1.09 bits per heavy atom. The molecule has 5 rings (SSSR count). The second-order valence-corrected chi connectivity index (χ2v) is 8.98. The normalized spacial score (nSPS) is 20.5. The maximum Gasteiger partial charge on any atom is 0.328 e. The van der Waals surface area contributed by atoms with Crippen LogP contribution < -0.4 is 30.5 Å². The van der Waals surface area contributed by atoms with Crippen LogP contribution in [0.2, 0.25) is 0 Å². The number of rotatable bonds is 4. The highest BCUT2D eigenvalue weighted by Gasteiger charge is 2.60. The van der Waals surface area contributed by atoms with Gasteiger partial charge in [-0.05, 0) is 54.4 Å². The van der Waals surface area contributed by atoms with Gasteiger partial charge in [-0.15, -0.1) is 0 Å². The van der Waals surface area contributed by atoms with E-state index in [4.69, 9.17) is 4.74 Å². The van der Waals surface area contributed by atoms with Crippen molar-refractivity contribution in [3.8, 4) is 5.75 Å². The number of urea groups is 1. The van der Waals surface area contributed by atoms with E-state index in [1.165, 1.54) is 0 Å². The smallest absolute Gasteiger partial charge is 0.328 e. The lowest BCUT2D eigenvalue weighted by Gasteiger charge is -2.54. The molecule has 3 aliphatic rings. The molecule has 10 nitrogen and oxygen atoms in total. The van der Waals surface area contributed by atoms with Crippen LogP contribution >= 0.6 is 0 Å². The van der Waals surface area contributed by atoms with Gasteiger partial charge in [-0.1, -0.05) is 6.92 Å². The zero-order valence-corrected chi connectivity index (χ0v) is 19.6. The molecular formula is C25H27N5O5. The monoisotopic (exact) mass is 477 g/mol. The molecule has 0 aliphatic carbocycles. The molecule has 3 aliphatic heterocycles. The minimum atomic E-state index is -1.50.